The third kappa shape index (κ3) is 1.52. The number of rotatable bonds is 2. The van der Waals surface area contributed by atoms with Crippen molar-refractivity contribution in [1.29, 1.82) is 0 Å². The second-order valence-corrected chi connectivity index (χ2v) is 3.57. The van der Waals surface area contributed by atoms with Crippen LogP contribution in [0, 0.1) is 6.92 Å². The van der Waals surface area contributed by atoms with Crippen LogP contribution in [-0.4, -0.2) is 17.9 Å². The van der Waals surface area contributed by atoms with Crippen molar-refractivity contribution < 1.29 is 19.4 Å². The van der Waals surface area contributed by atoms with Crippen LogP contribution < -0.4 is 9.47 Å². The molecule has 0 bridgehead atoms. The zero-order valence-electron chi connectivity index (χ0n) is 8.61. The zero-order valence-corrected chi connectivity index (χ0v) is 8.61. The van der Waals surface area contributed by atoms with E-state index in [2.05, 4.69) is 0 Å². The highest BCUT2D eigenvalue weighted by molar-refractivity contribution is 5.77. The van der Waals surface area contributed by atoms with E-state index in [0.29, 0.717) is 11.5 Å². The highest BCUT2D eigenvalue weighted by atomic mass is 16.7. The Hall–Kier alpha value is -1.71. The number of aliphatic carboxylic acids is 1. The van der Waals surface area contributed by atoms with E-state index in [4.69, 9.17) is 14.6 Å². The summed E-state index contributed by atoms with van der Waals surface area (Å²) >= 11 is 0. The molecule has 1 aromatic rings. The minimum absolute atomic E-state index is 0.209. The van der Waals surface area contributed by atoms with Gasteiger partial charge < -0.3 is 14.6 Å². The first-order chi connectivity index (χ1) is 7.11. The number of carboxylic acids is 1. The van der Waals surface area contributed by atoms with Gasteiger partial charge in [-0.2, -0.15) is 0 Å². The third-order valence-electron chi connectivity index (χ3n) is 2.67. The highest BCUT2D eigenvalue weighted by Crippen LogP contribution is 2.39. The van der Waals surface area contributed by atoms with Gasteiger partial charge in [0.15, 0.2) is 11.5 Å². The molecule has 1 aromatic carbocycles. The van der Waals surface area contributed by atoms with Gasteiger partial charge in [-0.15, -0.1) is 0 Å². The molecule has 4 heteroatoms. The summed E-state index contributed by atoms with van der Waals surface area (Å²) in [6.45, 7) is 3.72. The van der Waals surface area contributed by atoms with Crippen molar-refractivity contribution in [1.82, 2.24) is 0 Å². The number of benzene rings is 1. The van der Waals surface area contributed by atoms with Gasteiger partial charge in [-0.05, 0) is 31.0 Å². The van der Waals surface area contributed by atoms with E-state index in [-0.39, 0.29) is 6.79 Å². The first-order valence-corrected chi connectivity index (χ1v) is 4.73. The van der Waals surface area contributed by atoms with E-state index in [9.17, 15) is 4.79 Å². The minimum Gasteiger partial charge on any atom is -0.481 e. The normalized spacial score (nSPS) is 15.1. The fraction of sp³-hybridized carbons (Fsp3) is 0.364. The maximum Gasteiger partial charge on any atom is 0.310 e. The molecule has 1 aliphatic heterocycles. The van der Waals surface area contributed by atoms with E-state index in [0.717, 1.165) is 11.1 Å². The van der Waals surface area contributed by atoms with Crippen LogP contribution in [0.25, 0.3) is 0 Å². The average Bonchev–Trinajstić information content (AvgIpc) is 2.66. The quantitative estimate of drug-likeness (QED) is 0.806. The Bertz CT molecular complexity index is 411. The topological polar surface area (TPSA) is 55.8 Å². The molecule has 0 fully saturated rings. The number of ether oxygens (including phenoxy) is 2. The lowest BCUT2D eigenvalue weighted by atomic mass is 9.96. The maximum absolute atomic E-state index is 10.9. The molecular weight excluding hydrogens is 196 g/mol. The fourth-order valence-electron chi connectivity index (χ4n) is 1.73. The van der Waals surface area contributed by atoms with Crippen molar-refractivity contribution in [3.8, 4) is 11.5 Å². The molecule has 0 saturated carbocycles. The lowest BCUT2D eigenvalue weighted by Gasteiger charge is -2.11. The summed E-state index contributed by atoms with van der Waals surface area (Å²) in [4.78, 5) is 10.9. The Morgan fingerprint density at radius 2 is 2.20 bits per heavy atom. The van der Waals surface area contributed by atoms with E-state index in [1.165, 1.54) is 0 Å². The molecular formula is C11H12O4. The standard InChI is InChI=1S/C11H12O4/c1-6-8(7(2)11(12)13)3-4-9-10(6)15-5-14-9/h3-4,7H,5H2,1-2H3,(H,12,13). The predicted molar refractivity (Wildman–Crippen MR) is 53.4 cm³/mol. The Morgan fingerprint density at radius 1 is 1.47 bits per heavy atom. The Labute approximate surface area is 87.4 Å². The molecule has 0 aromatic heterocycles. The van der Waals surface area contributed by atoms with Crippen molar-refractivity contribution in [2.45, 2.75) is 19.8 Å². The number of carboxylic acid groups (broad SMARTS) is 1. The van der Waals surface area contributed by atoms with Gasteiger partial charge >= 0.3 is 5.97 Å². The average molecular weight is 208 g/mol. The number of fused-ring (bicyclic) bond motifs is 1. The maximum atomic E-state index is 10.9. The van der Waals surface area contributed by atoms with Gasteiger partial charge in [0.25, 0.3) is 0 Å². The van der Waals surface area contributed by atoms with Crippen molar-refractivity contribution >= 4 is 5.97 Å². The number of carbonyl (C=O) groups is 1. The predicted octanol–water partition coefficient (Wildman–Crippen LogP) is 1.91. The van der Waals surface area contributed by atoms with E-state index >= 15 is 0 Å². The lowest BCUT2D eigenvalue weighted by Crippen LogP contribution is -2.09. The first kappa shape index (κ1) is 9.83. The minimum atomic E-state index is -0.836. The molecule has 1 unspecified atom stereocenters. The SMILES string of the molecule is Cc1c(C(C)C(=O)O)ccc2c1OCO2. The molecule has 0 saturated heterocycles. The van der Waals surface area contributed by atoms with Crippen molar-refractivity contribution in [3.63, 3.8) is 0 Å². The molecule has 15 heavy (non-hydrogen) atoms. The summed E-state index contributed by atoms with van der Waals surface area (Å²) in [5.41, 5.74) is 1.62. The second-order valence-electron chi connectivity index (χ2n) is 3.57. The monoisotopic (exact) mass is 208 g/mol. The highest BCUT2D eigenvalue weighted by Gasteiger charge is 2.23. The second kappa shape index (κ2) is 3.46. The summed E-state index contributed by atoms with van der Waals surface area (Å²) in [6.07, 6.45) is 0. The summed E-state index contributed by atoms with van der Waals surface area (Å²) in [5.74, 6) is -0.00842. The zero-order chi connectivity index (χ0) is 11.0. The molecule has 1 heterocycles. The molecule has 1 atom stereocenters. The van der Waals surface area contributed by atoms with Gasteiger partial charge in [-0.1, -0.05) is 6.07 Å². The number of hydrogen-bond acceptors (Lipinski definition) is 3. The van der Waals surface area contributed by atoms with Crippen LogP contribution in [0.3, 0.4) is 0 Å². The van der Waals surface area contributed by atoms with Crippen LogP contribution in [0.4, 0.5) is 0 Å². The Morgan fingerprint density at radius 3 is 2.87 bits per heavy atom. The van der Waals surface area contributed by atoms with Crippen molar-refractivity contribution in [2.75, 3.05) is 6.79 Å². The summed E-state index contributed by atoms with van der Waals surface area (Å²) < 4.78 is 10.5. The molecule has 1 aliphatic rings. The Kier molecular flexibility index (Phi) is 2.26. The fourth-order valence-corrected chi connectivity index (χ4v) is 1.73. The van der Waals surface area contributed by atoms with E-state index in [1.807, 2.05) is 6.92 Å². The summed E-state index contributed by atoms with van der Waals surface area (Å²) in [5, 5.41) is 8.94. The molecule has 80 valence electrons. The van der Waals surface area contributed by atoms with Crippen LogP contribution in [0.15, 0.2) is 12.1 Å². The van der Waals surface area contributed by atoms with Crippen LogP contribution in [-0.2, 0) is 4.79 Å². The smallest absolute Gasteiger partial charge is 0.310 e. The molecule has 0 spiro atoms. The van der Waals surface area contributed by atoms with E-state index in [1.54, 1.807) is 19.1 Å². The van der Waals surface area contributed by atoms with Crippen molar-refractivity contribution in [3.05, 3.63) is 23.3 Å². The first-order valence-electron chi connectivity index (χ1n) is 4.73. The molecule has 0 aliphatic carbocycles. The van der Waals surface area contributed by atoms with Crippen LogP contribution in [0.2, 0.25) is 0 Å². The van der Waals surface area contributed by atoms with Gasteiger partial charge in [0.05, 0.1) is 5.92 Å². The van der Waals surface area contributed by atoms with Crippen LogP contribution in [0.5, 0.6) is 11.5 Å². The summed E-state index contributed by atoms with van der Waals surface area (Å²) in [6, 6.07) is 3.53. The van der Waals surface area contributed by atoms with Gasteiger partial charge in [-0.25, -0.2) is 0 Å². The lowest BCUT2D eigenvalue weighted by molar-refractivity contribution is -0.138. The molecule has 1 N–H and O–H groups in total. The molecule has 2 rings (SSSR count). The molecule has 0 amide bonds. The van der Waals surface area contributed by atoms with Gasteiger partial charge in [0, 0.05) is 0 Å². The van der Waals surface area contributed by atoms with Gasteiger partial charge in [0.2, 0.25) is 6.79 Å². The van der Waals surface area contributed by atoms with Crippen LogP contribution >= 0.6 is 0 Å². The largest absolute Gasteiger partial charge is 0.481 e. The van der Waals surface area contributed by atoms with Gasteiger partial charge in [0.1, 0.15) is 0 Å². The van der Waals surface area contributed by atoms with Crippen LogP contribution in [0.1, 0.15) is 24.0 Å². The molecule has 4 nitrogen and oxygen atoms in total. The third-order valence-corrected chi connectivity index (χ3v) is 2.67. The summed E-state index contributed by atoms with van der Waals surface area (Å²) in [7, 11) is 0. The Balaban J connectivity index is 2.46. The van der Waals surface area contributed by atoms with E-state index < -0.39 is 11.9 Å². The van der Waals surface area contributed by atoms with Gasteiger partial charge in [-0.3, -0.25) is 4.79 Å². The van der Waals surface area contributed by atoms with Crippen molar-refractivity contribution in [2.24, 2.45) is 0 Å². The number of hydrogen-bond donors (Lipinski definition) is 1. The molecule has 0 radical (unpaired) electrons.